The summed E-state index contributed by atoms with van der Waals surface area (Å²) in [6.45, 7) is 5.94. The Bertz CT molecular complexity index is 1630. The molecule has 0 aliphatic heterocycles. The predicted octanol–water partition coefficient (Wildman–Crippen LogP) is 6.94. The zero-order valence-corrected chi connectivity index (χ0v) is 22.0. The van der Waals surface area contributed by atoms with Gasteiger partial charge in [0.1, 0.15) is 5.82 Å². The average molecular weight is 524 g/mol. The number of nitrogens with zero attached hydrogens (tertiary/aromatic N) is 4. The second-order valence-corrected chi connectivity index (χ2v) is 9.74. The lowest BCUT2D eigenvalue weighted by Gasteiger charge is -2.14. The van der Waals surface area contributed by atoms with Gasteiger partial charge in [0.05, 0.1) is 5.69 Å². The minimum Gasteiger partial charge on any atom is -0.384 e. The summed E-state index contributed by atoms with van der Waals surface area (Å²) in [5.74, 6) is -0.397. The van der Waals surface area contributed by atoms with Crippen LogP contribution >= 0.6 is 11.6 Å². The van der Waals surface area contributed by atoms with Crippen molar-refractivity contribution in [2.75, 3.05) is 27.2 Å². The molecular weight excluding hydrogens is 497 g/mol. The van der Waals surface area contributed by atoms with Crippen LogP contribution in [0.25, 0.3) is 50.2 Å². The number of hydrogen-bond donors (Lipinski definition) is 1. The first kappa shape index (κ1) is 25.5. The Balaban J connectivity index is 1.55. The summed E-state index contributed by atoms with van der Waals surface area (Å²) in [5, 5.41) is 4.68. The van der Waals surface area contributed by atoms with E-state index in [1.807, 2.05) is 50.6 Å². The fraction of sp³-hybridized carbons (Fsp3) is 0.129. The van der Waals surface area contributed by atoms with Gasteiger partial charge in [-0.05, 0) is 79.3 Å². The highest BCUT2D eigenvalue weighted by Gasteiger charge is 2.15. The third kappa shape index (κ3) is 5.57. The topological polar surface area (TPSA) is 53.9 Å². The maximum Gasteiger partial charge on any atom is 0.160 e. The van der Waals surface area contributed by atoms with E-state index in [0.717, 1.165) is 52.0 Å². The summed E-state index contributed by atoms with van der Waals surface area (Å²) in [6, 6.07) is 20.4. The van der Waals surface area contributed by atoms with Gasteiger partial charge >= 0.3 is 0 Å². The zero-order chi connectivity index (χ0) is 26.6. The molecule has 1 N–H and O–H groups in total. The van der Waals surface area contributed by atoms with Crippen molar-refractivity contribution in [3.8, 4) is 33.5 Å². The van der Waals surface area contributed by atoms with Gasteiger partial charge in [-0.25, -0.2) is 14.4 Å². The molecule has 0 aliphatic carbocycles. The summed E-state index contributed by atoms with van der Waals surface area (Å²) in [7, 11) is 4.09. The number of hydrogen-bond acceptors (Lipinski definition) is 5. The van der Waals surface area contributed by atoms with E-state index < -0.39 is 5.82 Å². The van der Waals surface area contributed by atoms with Gasteiger partial charge in [0.25, 0.3) is 0 Å². The van der Waals surface area contributed by atoms with E-state index in [1.165, 1.54) is 12.1 Å². The molecule has 2 aromatic carbocycles. The van der Waals surface area contributed by atoms with Gasteiger partial charge in [-0.2, -0.15) is 0 Å². The van der Waals surface area contributed by atoms with Gasteiger partial charge in [-0.1, -0.05) is 36.4 Å². The highest BCUT2D eigenvalue weighted by Crippen LogP contribution is 2.34. The van der Waals surface area contributed by atoms with Crippen molar-refractivity contribution in [2.24, 2.45) is 0 Å². The number of nitrogens with one attached hydrogen (secondary N) is 1. The van der Waals surface area contributed by atoms with E-state index >= 15 is 0 Å². The van der Waals surface area contributed by atoms with Crippen molar-refractivity contribution in [1.29, 1.82) is 0 Å². The lowest BCUT2D eigenvalue weighted by Crippen LogP contribution is -2.25. The van der Waals surface area contributed by atoms with Gasteiger partial charge < -0.3 is 10.2 Å². The monoisotopic (exact) mass is 523 g/mol. The molecule has 5 aromatic rings. The van der Waals surface area contributed by atoms with Crippen LogP contribution in [0.15, 0.2) is 91.9 Å². The highest BCUT2D eigenvalue weighted by atomic mass is 35.5. The van der Waals surface area contributed by atoms with Crippen LogP contribution in [0, 0.1) is 5.82 Å². The van der Waals surface area contributed by atoms with Crippen LogP contribution in [0.5, 0.6) is 0 Å². The molecule has 38 heavy (non-hydrogen) atoms. The fourth-order valence-electron chi connectivity index (χ4n) is 4.29. The minimum absolute atomic E-state index is 0.323. The van der Waals surface area contributed by atoms with Crippen LogP contribution in [-0.2, 0) is 0 Å². The molecule has 0 saturated carbocycles. The Morgan fingerprint density at radius 1 is 0.947 bits per heavy atom. The van der Waals surface area contributed by atoms with Crippen molar-refractivity contribution in [2.45, 2.75) is 0 Å². The first-order chi connectivity index (χ1) is 18.4. The molecule has 3 aromatic heterocycles. The molecule has 0 fully saturated rings. The normalized spacial score (nSPS) is 11.2. The van der Waals surface area contributed by atoms with Crippen LogP contribution < -0.4 is 5.32 Å². The van der Waals surface area contributed by atoms with E-state index in [1.54, 1.807) is 18.5 Å². The number of likely N-dealkylation sites (N-methyl/N-ethyl adjacent to an activating group) is 1. The van der Waals surface area contributed by atoms with Gasteiger partial charge in [-0.3, -0.25) is 4.98 Å². The third-order valence-corrected chi connectivity index (χ3v) is 6.51. The molecule has 190 valence electrons. The third-order valence-electron chi connectivity index (χ3n) is 6.28. The lowest BCUT2D eigenvalue weighted by molar-refractivity contribution is 0.411. The second kappa shape index (κ2) is 11.1. The maximum absolute atomic E-state index is 14.7. The molecule has 7 heteroatoms. The SMILES string of the molecule is C=C(NCCN(C)C)c1cccc(-c2cncc(-c3cc(-c4cc(Cl)ccc4F)nc4ncccc34)c2)c1. The lowest BCUT2D eigenvalue weighted by atomic mass is 9.97. The standard InChI is InChI=1S/C31H27ClFN5/c1-20(35-12-13-38(2)3)21-6-4-7-22(14-21)23-15-24(19-34-18-23)27-17-30(28-16-25(32)9-10-29(28)33)37-31-26(27)8-5-11-36-31/h4-11,14-19,35H,1,12-13H2,2-3H3. The molecule has 5 rings (SSSR count). The van der Waals surface area contributed by atoms with Crippen molar-refractivity contribution < 1.29 is 4.39 Å². The average Bonchev–Trinajstić information content (AvgIpc) is 2.93. The molecule has 5 nitrogen and oxygen atoms in total. The Hall–Kier alpha value is -4.13. The molecule has 0 bridgehead atoms. The zero-order valence-electron chi connectivity index (χ0n) is 21.2. The van der Waals surface area contributed by atoms with E-state index in [9.17, 15) is 4.39 Å². The Morgan fingerprint density at radius 2 is 1.79 bits per heavy atom. The minimum atomic E-state index is -0.397. The van der Waals surface area contributed by atoms with Crippen LogP contribution in [0.3, 0.4) is 0 Å². The number of aromatic nitrogens is 3. The summed E-state index contributed by atoms with van der Waals surface area (Å²) in [4.78, 5) is 15.7. The van der Waals surface area contributed by atoms with Crippen LogP contribution in [0.4, 0.5) is 4.39 Å². The molecular formula is C31H27ClFN5. The Kier molecular flexibility index (Phi) is 7.45. The maximum atomic E-state index is 14.7. The Morgan fingerprint density at radius 3 is 2.63 bits per heavy atom. The summed E-state index contributed by atoms with van der Waals surface area (Å²) < 4.78 is 14.7. The predicted molar refractivity (Wildman–Crippen MR) is 154 cm³/mol. The number of pyridine rings is 3. The molecule has 0 unspecified atom stereocenters. The van der Waals surface area contributed by atoms with Crippen molar-refractivity contribution in [3.63, 3.8) is 0 Å². The van der Waals surface area contributed by atoms with Crippen LogP contribution in [-0.4, -0.2) is 47.0 Å². The highest BCUT2D eigenvalue weighted by molar-refractivity contribution is 6.30. The first-order valence-corrected chi connectivity index (χ1v) is 12.6. The van der Waals surface area contributed by atoms with Crippen molar-refractivity contribution >= 4 is 28.3 Å². The molecule has 0 amide bonds. The van der Waals surface area contributed by atoms with Gasteiger partial charge in [0, 0.05) is 64.5 Å². The molecule has 0 radical (unpaired) electrons. The summed E-state index contributed by atoms with van der Waals surface area (Å²) >= 11 is 6.17. The van der Waals surface area contributed by atoms with Gasteiger partial charge in [0.15, 0.2) is 5.65 Å². The van der Waals surface area contributed by atoms with Crippen molar-refractivity contribution in [3.05, 3.63) is 108 Å². The summed E-state index contributed by atoms with van der Waals surface area (Å²) in [6.07, 6.45) is 5.32. The molecule has 3 heterocycles. The molecule has 0 saturated heterocycles. The number of fused-ring (bicyclic) bond motifs is 1. The van der Waals surface area contributed by atoms with E-state index in [-0.39, 0.29) is 0 Å². The van der Waals surface area contributed by atoms with Gasteiger partial charge in [-0.15, -0.1) is 0 Å². The van der Waals surface area contributed by atoms with E-state index in [2.05, 4.69) is 49.9 Å². The van der Waals surface area contributed by atoms with Crippen LogP contribution in [0.1, 0.15) is 5.56 Å². The largest absolute Gasteiger partial charge is 0.384 e. The Labute approximate surface area is 226 Å². The smallest absolute Gasteiger partial charge is 0.160 e. The molecule has 0 spiro atoms. The molecule has 0 aliphatic rings. The van der Waals surface area contributed by atoms with E-state index in [0.29, 0.717) is 21.9 Å². The van der Waals surface area contributed by atoms with Gasteiger partial charge in [0.2, 0.25) is 0 Å². The number of halogens is 2. The second-order valence-electron chi connectivity index (χ2n) is 9.31. The number of rotatable bonds is 8. The van der Waals surface area contributed by atoms with Crippen LogP contribution in [0.2, 0.25) is 5.02 Å². The first-order valence-electron chi connectivity index (χ1n) is 12.2. The van der Waals surface area contributed by atoms with Crippen molar-refractivity contribution in [1.82, 2.24) is 25.2 Å². The molecule has 0 atom stereocenters. The number of benzene rings is 2. The fourth-order valence-corrected chi connectivity index (χ4v) is 4.46. The quantitative estimate of drug-likeness (QED) is 0.239. The van der Waals surface area contributed by atoms with E-state index in [4.69, 9.17) is 11.6 Å². The summed E-state index contributed by atoms with van der Waals surface area (Å²) in [5.41, 5.74) is 6.90.